The number of nitrogens with zero attached hydrogens (tertiary/aromatic N) is 4. The smallest absolute Gasteiger partial charge is 0.268 e. The SMILES string of the molecule is Cc1nnc(-c2cc(CC(=S)C[C@H]3CCc4sc(CC(=O)C5CC5)c(C(=O)NCC5CC5)c4C3)n(C)n2)o1. The van der Waals surface area contributed by atoms with Crippen LogP contribution in [-0.4, -0.2) is 43.1 Å². The Hall–Kier alpha value is -2.72. The average molecular weight is 552 g/mol. The van der Waals surface area contributed by atoms with E-state index in [1.807, 2.05) is 17.8 Å². The number of thiocarbonyl (C=S) groups is 1. The molecule has 1 atom stereocenters. The summed E-state index contributed by atoms with van der Waals surface area (Å²) in [6.45, 7) is 2.50. The number of thiophene rings is 1. The summed E-state index contributed by atoms with van der Waals surface area (Å²) in [7, 11) is 1.90. The van der Waals surface area contributed by atoms with Gasteiger partial charge in [0.1, 0.15) is 11.5 Å². The van der Waals surface area contributed by atoms with Crippen LogP contribution in [0.1, 0.15) is 75.8 Å². The van der Waals surface area contributed by atoms with Gasteiger partial charge < -0.3 is 9.73 Å². The van der Waals surface area contributed by atoms with E-state index in [1.54, 1.807) is 18.3 Å². The molecule has 2 fully saturated rings. The fraction of sp³-hybridized carbons (Fsp3) is 0.571. The summed E-state index contributed by atoms with van der Waals surface area (Å²) in [5, 5.41) is 15.7. The first-order chi connectivity index (χ1) is 18.3. The molecule has 3 heterocycles. The highest BCUT2D eigenvalue weighted by Gasteiger charge is 2.34. The van der Waals surface area contributed by atoms with Crippen molar-refractivity contribution < 1.29 is 14.0 Å². The zero-order valence-electron chi connectivity index (χ0n) is 21.9. The minimum Gasteiger partial charge on any atom is -0.420 e. The Morgan fingerprint density at radius 3 is 2.68 bits per heavy atom. The molecule has 3 aromatic rings. The van der Waals surface area contributed by atoms with Gasteiger partial charge >= 0.3 is 0 Å². The highest BCUT2D eigenvalue weighted by molar-refractivity contribution is 7.80. The van der Waals surface area contributed by atoms with Crippen molar-refractivity contribution in [1.82, 2.24) is 25.3 Å². The van der Waals surface area contributed by atoms with Crippen LogP contribution < -0.4 is 5.32 Å². The maximum atomic E-state index is 13.4. The van der Waals surface area contributed by atoms with Crippen molar-refractivity contribution in [3.05, 3.63) is 38.5 Å². The van der Waals surface area contributed by atoms with E-state index < -0.39 is 0 Å². The second kappa shape index (κ2) is 10.4. The Bertz CT molecular complexity index is 1400. The largest absolute Gasteiger partial charge is 0.420 e. The van der Waals surface area contributed by atoms with Gasteiger partial charge in [-0.2, -0.15) is 5.10 Å². The highest BCUT2D eigenvalue weighted by atomic mass is 32.1. The molecule has 3 aliphatic carbocycles. The summed E-state index contributed by atoms with van der Waals surface area (Å²) in [4.78, 5) is 29.3. The molecule has 3 aromatic heterocycles. The van der Waals surface area contributed by atoms with E-state index in [2.05, 4.69) is 20.6 Å². The number of Topliss-reactive ketones (excluding diaryl/α,β-unsaturated/α-hetero) is 1. The van der Waals surface area contributed by atoms with E-state index in [4.69, 9.17) is 16.6 Å². The van der Waals surface area contributed by atoms with Gasteiger partial charge in [-0.3, -0.25) is 14.3 Å². The first-order valence-electron chi connectivity index (χ1n) is 13.6. The van der Waals surface area contributed by atoms with Gasteiger partial charge in [0.2, 0.25) is 5.89 Å². The number of fused-ring (bicyclic) bond motifs is 1. The Labute approximate surface area is 231 Å². The molecular weight excluding hydrogens is 518 g/mol. The fourth-order valence-electron chi connectivity index (χ4n) is 5.40. The Morgan fingerprint density at radius 2 is 1.97 bits per heavy atom. The van der Waals surface area contributed by atoms with Crippen LogP contribution in [0.4, 0.5) is 0 Å². The Balaban J connectivity index is 1.15. The summed E-state index contributed by atoms with van der Waals surface area (Å²) in [5.74, 6) is 2.44. The molecule has 1 amide bonds. The van der Waals surface area contributed by atoms with Gasteiger partial charge in [-0.25, -0.2) is 0 Å². The number of carbonyl (C=O) groups excluding carboxylic acids is 2. The molecule has 10 heteroatoms. The van der Waals surface area contributed by atoms with Gasteiger partial charge in [0.15, 0.2) is 0 Å². The predicted molar refractivity (Wildman–Crippen MR) is 148 cm³/mol. The molecule has 0 unspecified atom stereocenters. The lowest BCUT2D eigenvalue weighted by molar-refractivity contribution is -0.119. The molecule has 6 rings (SSSR count). The summed E-state index contributed by atoms with van der Waals surface area (Å²) in [6, 6.07) is 1.96. The van der Waals surface area contributed by atoms with Crippen LogP contribution in [0.3, 0.4) is 0 Å². The summed E-state index contributed by atoms with van der Waals surface area (Å²) in [5.41, 5.74) is 3.62. The highest BCUT2D eigenvalue weighted by Crippen LogP contribution is 2.40. The number of hydrogen-bond donors (Lipinski definition) is 1. The quantitative estimate of drug-likeness (QED) is 0.347. The van der Waals surface area contributed by atoms with Crippen LogP contribution in [0.15, 0.2) is 10.5 Å². The van der Waals surface area contributed by atoms with Crippen molar-refractivity contribution in [2.75, 3.05) is 6.54 Å². The van der Waals surface area contributed by atoms with Crippen LogP contribution in [0, 0.1) is 24.7 Å². The fourth-order valence-corrected chi connectivity index (χ4v) is 7.14. The zero-order valence-corrected chi connectivity index (χ0v) is 23.6. The minimum absolute atomic E-state index is 0.00917. The molecule has 2 saturated carbocycles. The topological polar surface area (TPSA) is 103 Å². The van der Waals surface area contributed by atoms with Gasteiger partial charge in [0, 0.05) is 54.7 Å². The number of amides is 1. The van der Waals surface area contributed by atoms with Gasteiger partial charge in [-0.1, -0.05) is 12.2 Å². The summed E-state index contributed by atoms with van der Waals surface area (Å²) < 4.78 is 7.34. The molecule has 0 saturated heterocycles. The number of carbonyl (C=O) groups is 2. The zero-order chi connectivity index (χ0) is 26.4. The number of ketones is 1. The molecule has 38 heavy (non-hydrogen) atoms. The second-order valence-corrected chi connectivity index (χ2v) is 12.9. The number of hydrogen-bond acceptors (Lipinski definition) is 8. The van der Waals surface area contributed by atoms with Crippen molar-refractivity contribution in [2.24, 2.45) is 24.8 Å². The van der Waals surface area contributed by atoms with E-state index >= 15 is 0 Å². The van der Waals surface area contributed by atoms with Crippen LogP contribution in [0.2, 0.25) is 0 Å². The molecule has 8 nitrogen and oxygen atoms in total. The third kappa shape index (κ3) is 5.66. The molecule has 0 bridgehead atoms. The van der Waals surface area contributed by atoms with E-state index in [1.165, 1.54) is 17.7 Å². The van der Waals surface area contributed by atoms with Crippen molar-refractivity contribution in [2.45, 2.75) is 71.1 Å². The lowest BCUT2D eigenvalue weighted by atomic mass is 9.82. The molecule has 200 valence electrons. The minimum atomic E-state index is 0.00917. The molecular formula is C28H33N5O3S2. The predicted octanol–water partition coefficient (Wildman–Crippen LogP) is 4.61. The monoisotopic (exact) mass is 551 g/mol. The number of nitrogens with one attached hydrogen (secondary N) is 1. The third-order valence-corrected chi connectivity index (χ3v) is 9.50. The van der Waals surface area contributed by atoms with E-state index in [0.29, 0.717) is 47.9 Å². The summed E-state index contributed by atoms with van der Waals surface area (Å²) >= 11 is 7.55. The van der Waals surface area contributed by atoms with Gasteiger partial charge in [0.05, 0.1) is 5.56 Å². The maximum absolute atomic E-state index is 13.4. The van der Waals surface area contributed by atoms with Gasteiger partial charge in [0.25, 0.3) is 11.8 Å². The number of aryl methyl sites for hydroxylation is 3. The number of rotatable bonds is 11. The van der Waals surface area contributed by atoms with Crippen LogP contribution in [-0.2, 0) is 37.5 Å². The van der Waals surface area contributed by atoms with Crippen LogP contribution in [0.25, 0.3) is 11.6 Å². The third-order valence-electron chi connectivity index (χ3n) is 7.90. The lowest BCUT2D eigenvalue weighted by Crippen LogP contribution is -2.28. The maximum Gasteiger partial charge on any atom is 0.268 e. The normalized spacial score (nSPS) is 18.8. The Kier molecular flexibility index (Phi) is 7.03. The van der Waals surface area contributed by atoms with Crippen LogP contribution in [0.5, 0.6) is 0 Å². The lowest BCUT2D eigenvalue weighted by Gasteiger charge is -2.23. The first-order valence-corrected chi connectivity index (χ1v) is 14.9. The van der Waals surface area contributed by atoms with Crippen LogP contribution >= 0.6 is 23.6 Å². The molecule has 3 aliphatic rings. The van der Waals surface area contributed by atoms with Gasteiger partial charge in [-0.15, -0.1) is 21.5 Å². The second-order valence-electron chi connectivity index (χ2n) is 11.2. The van der Waals surface area contributed by atoms with Gasteiger partial charge in [-0.05, 0) is 79.7 Å². The Morgan fingerprint density at radius 1 is 1.16 bits per heavy atom. The van der Waals surface area contributed by atoms with Crippen molar-refractivity contribution in [3.8, 4) is 11.6 Å². The van der Waals surface area contributed by atoms with E-state index in [9.17, 15) is 9.59 Å². The molecule has 0 aromatic carbocycles. The summed E-state index contributed by atoms with van der Waals surface area (Å²) in [6.07, 6.45) is 9.10. The molecule has 0 aliphatic heterocycles. The van der Waals surface area contributed by atoms with Crippen molar-refractivity contribution >= 4 is 40.1 Å². The molecule has 1 N–H and O–H groups in total. The first kappa shape index (κ1) is 25.6. The van der Waals surface area contributed by atoms with Crippen molar-refractivity contribution in [1.29, 1.82) is 0 Å². The van der Waals surface area contributed by atoms with Crippen molar-refractivity contribution in [3.63, 3.8) is 0 Å². The number of aromatic nitrogens is 4. The molecule has 0 radical (unpaired) electrons. The van der Waals surface area contributed by atoms with E-state index in [0.717, 1.165) is 71.6 Å². The average Bonchev–Trinajstić information content (AvgIpc) is 3.79. The molecule has 0 spiro atoms. The van der Waals surface area contributed by atoms with E-state index in [-0.39, 0.29) is 11.8 Å². The standard InChI is InChI=1S/C28H33N5O3S2/c1-15-30-31-28(36-15)22-12-19(33(2)32-22)11-20(37)9-17-5-8-24-21(10-17)26(27(35)29-14-16-3-4-16)25(38-24)13-23(34)18-6-7-18/h12,16-18H,3-11,13-14H2,1-2H3,(H,29,35)/t17-/m1/s1.